The number of nitrogen functional groups attached to an aromatic ring is 1. The third-order valence-corrected chi connectivity index (χ3v) is 3.23. The van der Waals surface area contributed by atoms with Crippen LogP contribution in [-0.4, -0.2) is 36.3 Å². The van der Waals surface area contributed by atoms with Gasteiger partial charge >= 0.3 is 0 Å². The summed E-state index contributed by atoms with van der Waals surface area (Å²) in [5.74, 6) is 1.31. The Bertz CT molecular complexity index is 602. The van der Waals surface area contributed by atoms with Crippen LogP contribution in [0.1, 0.15) is 36.9 Å². The molecule has 0 spiro atoms. The second-order valence-electron chi connectivity index (χ2n) is 4.65. The molecule has 3 rings (SSSR count). The Kier molecular flexibility index (Phi) is 3.27. The Morgan fingerprint density at radius 1 is 1.50 bits per heavy atom. The lowest BCUT2D eigenvalue weighted by Gasteiger charge is -2.20. The zero-order chi connectivity index (χ0) is 13.9. The van der Waals surface area contributed by atoms with Crippen molar-refractivity contribution < 1.29 is 9.32 Å². The fourth-order valence-corrected chi connectivity index (χ4v) is 1.85. The molecular formula is C10H14N8O2. The van der Waals surface area contributed by atoms with Gasteiger partial charge in [0.05, 0.1) is 6.54 Å². The van der Waals surface area contributed by atoms with Gasteiger partial charge in [-0.1, -0.05) is 16.7 Å². The highest BCUT2D eigenvalue weighted by molar-refractivity contribution is 5.75. The molecule has 0 saturated heterocycles. The first-order valence-electron chi connectivity index (χ1n) is 6.33. The lowest BCUT2D eigenvalue weighted by atomic mass is 9.85. The van der Waals surface area contributed by atoms with E-state index in [-0.39, 0.29) is 24.9 Å². The Hall–Kier alpha value is -2.52. The van der Waals surface area contributed by atoms with Crippen LogP contribution < -0.4 is 11.1 Å². The van der Waals surface area contributed by atoms with Gasteiger partial charge in [-0.2, -0.15) is 4.98 Å². The molecule has 0 atom stereocenters. The summed E-state index contributed by atoms with van der Waals surface area (Å²) in [5, 5.41) is 16.9. The number of aromatic nitrogens is 6. The number of nitrogens with two attached hydrogens (primary N) is 1. The van der Waals surface area contributed by atoms with Gasteiger partial charge < -0.3 is 15.6 Å². The van der Waals surface area contributed by atoms with Crippen LogP contribution >= 0.6 is 0 Å². The van der Waals surface area contributed by atoms with Crippen molar-refractivity contribution in [3.8, 4) is 0 Å². The lowest BCUT2D eigenvalue weighted by molar-refractivity contribution is -0.122. The van der Waals surface area contributed by atoms with Crippen LogP contribution in [0.2, 0.25) is 0 Å². The maximum Gasteiger partial charge on any atom is 0.242 e. The van der Waals surface area contributed by atoms with E-state index in [0.717, 1.165) is 12.8 Å². The van der Waals surface area contributed by atoms with Crippen molar-refractivity contribution in [2.75, 3.05) is 5.73 Å². The zero-order valence-electron chi connectivity index (χ0n) is 10.7. The maximum absolute atomic E-state index is 11.7. The van der Waals surface area contributed by atoms with Gasteiger partial charge in [-0.15, -0.1) is 0 Å². The Morgan fingerprint density at radius 2 is 2.35 bits per heavy atom. The fraction of sp³-hybridized carbons (Fsp3) is 0.600. The molecule has 0 unspecified atom stereocenters. The molecule has 106 valence electrons. The van der Waals surface area contributed by atoms with E-state index in [0.29, 0.717) is 17.6 Å². The van der Waals surface area contributed by atoms with Gasteiger partial charge in [-0.05, 0) is 23.3 Å². The average molecular weight is 278 g/mol. The van der Waals surface area contributed by atoms with Crippen LogP contribution in [0.4, 0.5) is 5.95 Å². The van der Waals surface area contributed by atoms with Gasteiger partial charge in [-0.25, -0.2) is 4.68 Å². The second kappa shape index (κ2) is 5.23. The van der Waals surface area contributed by atoms with Crippen LogP contribution in [0.3, 0.4) is 0 Å². The first-order chi connectivity index (χ1) is 9.72. The molecular weight excluding hydrogens is 264 g/mol. The molecule has 0 aliphatic heterocycles. The fourth-order valence-electron chi connectivity index (χ4n) is 1.85. The van der Waals surface area contributed by atoms with Crippen molar-refractivity contribution >= 4 is 11.9 Å². The minimum atomic E-state index is -0.279. The molecule has 0 aromatic carbocycles. The number of carbonyl (C=O) groups excluding carboxylic acids is 1. The summed E-state index contributed by atoms with van der Waals surface area (Å²) in [4.78, 5) is 15.9. The summed E-state index contributed by atoms with van der Waals surface area (Å²) in [6, 6.07) is 0. The van der Waals surface area contributed by atoms with Crippen molar-refractivity contribution in [3.05, 3.63) is 11.7 Å². The number of nitrogens with one attached hydrogen (secondary N) is 1. The first kappa shape index (κ1) is 12.5. The SMILES string of the molecule is Nc1nnnn1CC(=O)NCc1noc(C2CCC2)n1. The van der Waals surface area contributed by atoms with Crippen LogP contribution in [-0.2, 0) is 17.9 Å². The quantitative estimate of drug-likeness (QED) is 0.726. The average Bonchev–Trinajstić information content (AvgIpc) is 2.96. The van der Waals surface area contributed by atoms with E-state index in [9.17, 15) is 4.79 Å². The molecule has 1 saturated carbocycles. The van der Waals surface area contributed by atoms with Crippen LogP contribution in [0.5, 0.6) is 0 Å². The minimum absolute atomic E-state index is 0.0494. The molecule has 10 heteroatoms. The molecule has 0 radical (unpaired) electrons. The molecule has 2 aromatic heterocycles. The number of rotatable bonds is 5. The highest BCUT2D eigenvalue weighted by Crippen LogP contribution is 2.34. The van der Waals surface area contributed by atoms with Gasteiger partial charge in [0.1, 0.15) is 6.54 Å². The van der Waals surface area contributed by atoms with Crippen LogP contribution in [0.15, 0.2) is 4.52 Å². The predicted octanol–water partition coefficient (Wildman–Crippen LogP) is -0.778. The molecule has 20 heavy (non-hydrogen) atoms. The minimum Gasteiger partial charge on any atom is -0.367 e. The standard InChI is InChI=1S/C10H14N8O2/c11-10-14-16-17-18(10)5-8(19)12-4-7-13-9(20-15-7)6-2-1-3-6/h6H,1-5H2,(H,12,19)(H2,11,14,17). The van der Waals surface area contributed by atoms with E-state index in [1.807, 2.05) is 0 Å². The lowest BCUT2D eigenvalue weighted by Crippen LogP contribution is -2.28. The van der Waals surface area contributed by atoms with Crippen LogP contribution in [0.25, 0.3) is 0 Å². The predicted molar refractivity (Wildman–Crippen MR) is 65.0 cm³/mol. The van der Waals surface area contributed by atoms with Gasteiger partial charge in [-0.3, -0.25) is 4.79 Å². The third-order valence-electron chi connectivity index (χ3n) is 3.23. The van der Waals surface area contributed by atoms with Gasteiger partial charge in [0.15, 0.2) is 5.82 Å². The summed E-state index contributed by atoms with van der Waals surface area (Å²) in [6.07, 6.45) is 3.38. The monoisotopic (exact) mass is 278 g/mol. The van der Waals surface area contributed by atoms with Gasteiger partial charge in [0.2, 0.25) is 17.7 Å². The molecule has 0 bridgehead atoms. The van der Waals surface area contributed by atoms with E-state index in [4.69, 9.17) is 10.3 Å². The number of tetrazole rings is 1. The smallest absolute Gasteiger partial charge is 0.242 e. The van der Waals surface area contributed by atoms with Crippen molar-refractivity contribution in [2.45, 2.75) is 38.3 Å². The second-order valence-corrected chi connectivity index (χ2v) is 4.65. The molecule has 3 N–H and O–H groups in total. The number of hydrogen-bond acceptors (Lipinski definition) is 8. The third kappa shape index (κ3) is 2.58. The van der Waals surface area contributed by atoms with Crippen molar-refractivity contribution in [2.24, 2.45) is 0 Å². The molecule has 1 fully saturated rings. The van der Waals surface area contributed by atoms with E-state index in [1.54, 1.807) is 0 Å². The van der Waals surface area contributed by atoms with E-state index >= 15 is 0 Å². The topological polar surface area (TPSA) is 138 Å². The normalized spacial score (nSPS) is 15.0. The molecule has 1 amide bonds. The van der Waals surface area contributed by atoms with E-state index in [2.05, 4.69) is 31.0 Å². The summed E-state index contributed by atoms with van der Waals surface area (Å²) in [7, 11) is 0. The zero-order valence-corrected chi connectivity index (χ0v) is 10.7. The van der Waals surface area contributed by atoms with Crippen molar-refractivity contribution in [1.82, 2.24) is 35.7 Å². The Morgan fingerprint density at radius 3 is 3.00 bits per heavy atom. The maximum atomic E-state index is 11.7. The van der Waals surface area contributed by atoms with E-state index in [1.165, 1.54) is 11.1 Å². The summed E-state index contributed by atoms with van der Waals surface area (Å²) in [6.45, 7) is 0.156. The van der Waals surface area contributed by atoms with Gasteiger partial charge in [0, 0.05) is 5.92 Å². The molecule has 2 heterocycles. The number of nitrogens with zero attached hydrogens (tertiary/aromatic N) is 6. The summed E-state index contributed by atoms with van der Waals surface area (Å²) >= 11 is 0. The highest BCUT2D eigenvalue weighted by Gasteiger charge is 2.25. The number of hydrogen-bond donors (Lipinski definition) is 2. The van der Waals surface area contributed by atoms with Crippen molar-refractivity contribution in [1.29, 1.82) is 0 Å². The summed E-state index contributed by atoms with van der Waals surface area (Å²) in [5.41, 5.74) is 5.46. The molecule has 10 nitrogen and oxygen atoms in total. The number of anilines is 1. The first-order valence-corrected chi connectivity index (χ1v) is 6.33. The van der Waals surface area contributed by atoms with Crippen LogP contribution in [0, 0.1) is 0 Å². The molecule has 1 aliphatic rings. The largest absolute Gasteiger partial charge is 0.367 e. The van der Waals surface area contributed by atoms with E-state index < -0.39 is 0 Å². The Balaban J connectivity index is 1.50. The van der Waals surface area contributed by atoms with Gasteiger partial charge in [0.25, 0.3) is 0 Å². The number of amides is 1. The Labute approximate surface area is 113 Å². The molecule has 1 aliphatic carbocycles. The highest BCUT2D eigenvalue weighted by atomic mass is 16.5. The van der Waals surface area contributed by atoms with Crippen molar-refractivity contribution in [3.63, 3.8) is 0 Å². The molecule has 2 aromatic rings. The number of carbonyl (C=O) groups is 1. The summed E-state index contributed by atoms with van der Waals surface area (Å²) < 4.78 is 6.36.